The lowest BCUT2D eigenvalue weighted by atomic mass is 10.1. The molecule has 0 saturated carbocycles. The molecule has 2 aromatic rings. The number of carbonyl (C=O) groups is 1. The number of halogens is 4. The van der Waals surface area contributed by atoms with Crippen molar-refractivity contribution in [3.05, 3.63) is 63.6 Å². The van der Waals surface area contributed by atoms with Crippen molar-refractivity contribution in [1.82, 2.24) is 5.32 Å². The second-order valence-electron chi connectivity index (χ2n) is 6.03. The smallest absolute Gasteiger partial charge is 0.252 e. The van der Waals surface area contributed by atoms with Gasteiger partial charge < -0.3 is 10.2 Å². The predicted molar refractivity (Wildman–Crippen MR) is 95.5 cm³/mol. The monoisotopic (exact) mass is 384 g/mol. The Balaban J connectivity index is 1.57. The van der Waals surface area contributed by atoms with E-state index < -0.39 is 11.7 Å². The zero-order valence-corrected chi connectivity index (χ0v) is 14.7. The van der Waals surface area contributed by atoms with Crippen molar-refractivity contribution in [2.75, 3.05) is 24.5 Å². The molecule has 1 heterocycles. The Bertz CT molecular complexity index is 783. The molecule has 1 amide bonds. The van der Waals surface area contributed by atoms with E-state index in [0.717, 1.165) is 31.3 Å². The lowest BCUT2D eigenvalue weighted by molar-refractivity contribution is 0.0948. The van der Waals surface area contributed by atoms with Crippen LogP contribution in [-0.2, 0) is 0 Å². The third-order valence-electron chi connectivity index (χ3n) is 4.28. The van der Waals surface area contributed by atoms with Crippen LogP contribution < -0.4 is 10.2 Å². The van der Waals surface area contributed by atoms with E-state index in [9.17, 15) is 13.6 Å². The van der Waals surface area contributed by atoms with Gasteiger partial charge in [-0.3, -0.25) is 4.79 Å². The molecule has 2 aromatic carbocycles. The topological polar surface area (TPSA) is 32.3 Å². The molecule has 0 bridgehead atoms. The molecule has 3 nitrogen and oxygen atoms in total. The number of anilines is 1. The number of nitrogens with zero attached hydrogens (tertiary/aromatic N) is 1. The van der Waals surface area contributed by atoms with Gasteiger partial charge in [0.1, 0.15) is 11.6 Å². The van der Waals surface area contributed by atoms with Gasteiger partial charge in [0.15, 0.2) is 0 Å². The number of hydrogen-bond acceptors (Lipinski definition) is 2. The summed E-state index contributed by atoms with van der Waals surface area (Å²) in [6.45, 7) is 2.05. The third-order valence-corrected chi connectivity index (χ3v) is 4.89. The summed E-state index contributed by atoms with van der Waals surface area (Å²) in [5.74, 6) is -1.12. The van der Waals surface area contributed by atoms with E-state index in [0.29, 0.717) is 6.54 Å². The summed E-state index contributed by atoms with van der Waals surface area (Å²) in [5.41, 5.74) is 1.02. The summed E-state index contributed by atoms with van der Waals surface area (Å²) in [5, 5.41) is 2.79. The first-order chi connectivity index (χ1) is 11.9. The Morgan fingerprint density at radius 1 is 1.16 bits per heavy atom. The third kappa shape index (κ3) is 4.22. The van der Waals surface area contributed by atoms with Crippen molar-refractivity contribution in [3.63, 3.8) is 0 Å². The van der Waals surface area contributed by atoms with Crippen LogP contribution in [0.1, 0.15) is 16.8 Å². The van der Waals surface area contributed by atoms with Crippen LogP contribution in [-0.4, -0.2) is 25.5 Å². The van der Waals surface area contributed by atoms with E-state index in [2.05, 4.69) is 10.2 Å². The second kappa shape index (κ2) is 7.58. The van der Waals surface area contributed by atoms with Gasteiger partial charge in [-0.1, -0.05) is 23.2 Å². The van der Waals surface area contributed by atoms with Crippen LogP contribution in [0.3, 0.4) is 0 Å². The van der Waals surface area contributed by atoms with E-state index in [1.54, 1.807) is 12.1 Å². The van der Waals surface area contributed by atoms with E-state index in [-0.39, 0.29) is 27.3 Å². The molecule has 1 fully saturated rings. The number of carbonyl (C=O) groups excluding carboxylic acids is 1. The lowest BCUT2D eigenvalue weighted by Gasteiger charge is -2.19. The summed E-state index contributed by atoms with van der Waals surface area (Å²) >= 11 is 11.6. The molecule has 1 unspecified atom stereocenters. The number of benzene rings is 2. The number of nitrogens with one attached hydrogen (secondary N) is 1. The van der Waals surface area contributed by atoms with Crippen LogP contribution in [0.5, 0.6) is 0 Å². The minimum Gasteiger partial charge on any atom is -0.371 e. The molecule has 0 aromatic heterocycles. The Morgan fingerprint density at radius 3 is 2.60 bits per heavy atom. The van der Waals surface area contributed by atoms with E-state index in [4.69, 9.17) is 23.2 Å². The molecule has 1 saturated heterocycles. The first-order valence-corrected chi connectivity index (χ1v) is 8.63. The molecule has 1 aliphatic heterocycles. The van der Waals surface area contributed by atoms with Crippen molar-refractivity contribution >= 4 is 34.8 Å². The van der Waals surface area contributed by atoms with Gasteiger partial charge in [0.25, 0.3) is 5.91 Å². The van der Waals surface area contributed by atoms with Crippen molar-refractivity contribution in [2.24, 2.45) is 5.92 Å². The predicted octanol–water partition coefficient (Wildman–Crippen LogP) is 4.53. The number of rotatable bonds is 4. The number of hydrogen-bond donors (Lipinski definition) is 1. The second-order valence-corrected chi connectivity index (χ2v) is 6.85. The van der Waals surface area contributed by atoms with Crippen LogP contribution in [0.15, 0.2) is 36.4 Å². The molecule has 3 rings (SSSR count). The van der Waals surface area contributed by atoms with E-state index in [1.807, 2.05) is 0 Å². The van der Waals surface area contributed by atoms with Gasteiger partial charge >= 0.3 is 0 Å². The Morgan fingerprint density at radius 2 is 1.88 bits per heavy atom. The quantitative estimate of drug-likeness (QED) is 0.785. The highest BCUT2D eigenvalue weighted by atomic mass is 35.5. The van der Waals surface area contributed by atoms with Gasteiger partial charge in [-0.05, 0) is 48.7 Å². The minimum atomic E-state index is -0.681. The van der Waals surface area contributed by atoms with Crippen molar-refractivity contribution < 1.29 is 13.6 Å². The fourth-order valence-electron chi connectivity index (χ4n) is 2.91. The zero-order chi connectivity index (χ0) is 18.0. The molecular formula is C18H16Cl2F2N2O. The first kappa shape index (κ1) is 18.0. The summed E-state index contributed by atoms with van der Waals surface area (Å²) < 4.78 is 26.5. The average molecular weight is 385 g/mol. The molecule has 0 spiro atoms. The molecular weight excluding hydrogens is 369 g/mol. The summed E-state index contributed by atoms with van der Waals surface area (Å²) in [6, 6.07) is 8.61. The zero-order valence-electron chi connectivity index (χ0n) is 13.2. The molecule has 7 heteroatoms. The summed E-state index contributed by atoms with van der Waals surface area (Å²) in [7, 11) is 0. The van der Waals surface area contributed by atoms with Crippen LogP contribution in [0.2, 0.25) is 10.0 Å². The van der Waals surface area contributed by atoms with E-state index in [1.165, 1.54) is 18.2 Å². The molecule has 1 N–H and O–H groups in total. The van der Waals surface area contributed by atoms with Gasteiger partial charge in [0.2, 0.25) is 0 Å². The molecule has 0 radical (unpaired) electrons. The van der Waals surface area contributed by atoms with Gasteiger partial charge in [0.05, 0.1) is 15.6 Å². The van der Waals surface area contributed by atoms with Crippen LogP contribution in [0.4, 0.5) is 14.5 Å². The Kier molecular flexibility index (Phi) is 5.45. The van der Waals surface area contributed by atoms with Crippen LogP contribution >= 0.6 is 23.2 Å². The largest absolute Gasteiger partial charge is 0.371 e. The fourth-order valence-corrected chi connectivity index (χ4v) is 3.38. The maximum Gasteiger partial charge on any atom is 0.252 e. The van der Waals surface area contributed by atoms with Crippen molar-refractivity contribution in [2.45, 2.75) is 6.42 Å². The Labute approximate surface area is 154 Å². The highest BCUT2D eigenvalue weighted by molar-refractivity contribution is 6.36. The van der Waals surface area contributed by atoms with Gasteiger partial charge in [-0.2, -0.15) is 0 Å². The maximum atomic E-state index is 13.5. The number of amides is 1. The van der Waals surface area contributed by atoms with Gasteiger partial charge in [-0.25, -0.2) is 8.78 Å². The highest BCUT2D eigenvalue weighted by Gasteiger charge is 2.24. The minimum absolute atomic E-state index is 0.0666. The Hall–Kier alpha value is -1.85. The molecule has 1 aliphatic rings. The molecule has 25 heavy (non-hydrogen) atoms. The lowest BCUT2D eigenvalue weighted by Crippen LogP contribution is -2.31. The average Bonchev–Trinajstić information content (AvgIpc) is 3.05. The standard InChI is InChI=1S/C18H16Cl2F2N2O/c19-15-8-16(20)17(22)7-14(15)18(25)23-9-11-5-6-24(10-11)13-3-1-12(21)2-4-13/h1-4,7-8,11H,5-6,9-10H2,(H,23,25). The van der Waals surface area contributed by atoms with Gasteiger partial charge in [0, 0.05) is 25.3 Å². The first-order valence-electron chi connectivity index (χ1n) is 7.87. The maximum absolute atomic E-state index is 13.5. The molecule has 132 valence electrons. The molecule has 0 aliphatic carbocycles. The SMILES string of the molecule is O=C(NCC1CCN(c2ccc(F)cc2)C1)c1cc(F)c(Cl)cc1Cl. The normalized spacial score (nSPS) is 17.0. The van der Waals surface area contributed by atoms with Crippen molar-refractivity contribution in [3.8, 4) is 0 Å². The van der Waals surface area contributed by atoms with Crippen LogP contribution in [0, 0.1) is 17.6 Å². The molecule has 1 atom stereocenters. The fraction of sp³-hybridized carbons (Fsp3) is 0.278. The van der Waals surface area contributed by atoms with Crippen molar-refractivity contribution in [1.29, 1.82) is 0 Å². The van der Waals surface area contributed by atoms with Gasteiger partial charge in [-0.15, -0.1) is 0 Å². The van der Waals surface area contributed by atoms with Crippen LogP contribution in [0.25, 0.3) is 0 Å². The van der Waals surface area contributed by atoms with E-state index >= 15 is 0 Å². The summed E-state index contributed by atoms with van der Waals surface area (Å²) in [6.07, 6.45) is 0.903. The highest BCUT2D eigenvalue weighted by Crippen LogP contribution is 2.25. The summed E-state index contributed by atoms with van der Waals surface area (Å²) in [4.78, 5) is 14.4.